The van der Waals surface area contributed by atoms with E-state index in [1.165, 1.54) is 4.90 Å². The van der Waals surface area contributed by atoms with Crippen molar-refractivity contribution < 1.29 is 14.4 Å². The molecule has 0 aliphatic carbocycles. The number of nitrogens with zero attached hydrogens (tertiary/aromatic N) is 4. The van der Waals surface area contributed by atoms with Crippen molar-refractivity contribution in [3.8, 4) is 0 Å². The summed E-state index contributed by atoms with van der Waals surface area (Å²) < 4.78 is 0. The van der Waals surface area contributed by atoms with Crippen molar-refractivity contribution in [2.24, 2.45) is 0 Å². The highest BCUT2D eigenvalue weighted by Gasteiger charge is 2.21. The molecule has 0 bridgehead atoms. The second-order valence-electron chi connectivity index (χ2n) is 9.07. The van der Waals surface area contributed by atoms with E-state index in [9.17, 15) is 14.4 Å². The van der Waals surface area contributed by atoms with Crippen LogP contribution in [0.3, 0.4) is 0 Å². The summed E-state index contributed by atoms with van der Waals surface area (Å²) in [7, 11) is 6.99. The summed E-state index contributed by atoms with van der Waals surface area (Å²) >= 11 is 0. The van der Waals surface area contributed by atoms with Gasteiger partial charge in [0.15, 0.2) is 0 Å². The highest BCUT2D eigenvalue weighted by molar-refractivity contribution is 5.76. The quantitative estimate of drug-likeness (QED) is 0.425. The molecule has 4 atom stereocenters. The van der Waals surface area contributed by atoms with Crippen LogP contribution in [-0.2, 0) is 0 Å². The zero-order valence-electron chi connectivity index (χ0n) is 20.9. The largest absolute Gasteiger partial charge is 0.368 e. The van der Waals surface area contributed by atoms with Crippen molar-refractivity contribution in [2.75, 3.05) is 54.4 Å². The van der Waals surface area contributed by atoms with Gasteiger partial charge in [-0.25, -0.2) is 14.4 Å². The maximum absolute atomic E-state index is 12.5. The molecule has 184 valence electrons. The minimum absolute atomic E-state index is 0.0347. The van der Waals surface area contributed by atoms with E-state index in [-0.39, 0.29) is 42.3 Å². The van der Waals surface area contributed by atoms with Crippen molar-refractivity contribution in [2.45, 2.75) is 51.9 Å². The van der Waals surface area contributed by atoms with Gasteiger partial charge in [0, 0.05) is 78.5 Å². The van der Waals surface area contributed by atoms with Crippen molar-refractivity contribution in [1.82, 2.24) is 40.9 Å². The Morgan fingerprint density at radius 1 is 0.562 bits per heavy atom. The lowest BCUT2D eigenvalue weighted by Crippen LogP contribution is -2.54. The highest BCUT2D eigenvalue weighted by Crippen LogP contribution is 2.02. The molecule has 4 N–H and O–H groups in total. The molecule has 0 saturated carbocycles. The van der Waals surface area contributed by atoms with Gasteiger partial charge in [-0.2, -0.15) is 0 Å². The third kappa shape index (κ3) is 9.11. The van der Waals surface area contributed by atoms with Gasteiger partial charge in [0.2, 0.25) is 0 Å². The average Bonchev–Trinajstić information content (AvgIpc) is 2.66. The van der Waals surface area contributed by atoms with Crippen LogP contribution < -0.4 is 21.3 Å². The normalized spacial score (nSPS) is 28.5. The van der Waals surface area contributed by atoms with E-state index in [0.29, 0.717) is 32.0 Å². The molecular weight excluding hydrogens is 412 g/mol. The summed E-state index contributed by atoms with van der Waals surface area (Å²) in [6.45, 7) is 13.4. The molecule has 0 aromatic rings. The zero-order chi connectivity index (χ0) is 24.6. The molecule has 1 rings (SSSR count). The summed E-state index contributed by atoms with van der Waals surface area (Å²) in [6.07, 6.45) is 0. The van der Waals surface area contributed by atoms with Gasteiger partial charge in [-0.1, -0.05) is 6.58 Å². The Hall–Kier alpha value is -2.85. The van der Waals surface area contributed by atoms with Crippen molar-refractivity contribution in [1.29, 1.82) is 0 Å². The lowest BCUT2D eigenvalue weighted by molar-refractivity contribution is 0.182. The molecule has 1 heterocycles. The third-order valence-electron chi connectivity index (χ3n) is 5.21. The Bertz CT molecular complexity index is 561. The summed E-state index contributed by atoms with van der Waals surface area (Å²) in [4.78, 5) is 44.2. The number of carbonyl (C=O) groups is 3. The van der Waals surface area contributed by atoms with Gasteiger partial charge in [-0.05, 0) is 27.7 Å². The summed E-state index contributed by atoms with van der Waals surface area (Å²) in [5.41, 5.74) is 0. The second kappa shape index (κ2) is 12.3. The molecule has 0 aromatic carbocycles. The molecule has 1 fully saturated rings. The smallest absolute Gasteiger partial charge is 0.317 e. The van der Waals surface area contributed by atoms with Crippen LogP contribution in [0.4, 0.5) is 14.4 Å². The monoisotopic (exact) mass is 454 g/mol. The first-order chi connectivity index (χ1) is 14.8. The van der Waals surface area contributed by atoms with Gasteiger partial charge in [-0.15, -0.1) is 0 Å². The van der Waals surface area contributed by atoms with Crippen LogP contribution in [0.15, 0.2) is 12.4 Å². The van der Waals surface area contributed by atoms with Crippen LogP contribution in [0.1, 0.15) is 27.7 Å². The molecule has 1 aliphatic rings. The van der Waals surface area contributed by atoms with E-state index in [1.54, 1.807) is 30.9 Å². The fourth-order valence-corrected chi connectivity index (χ4v) is 3.54. The standard InChI is InChI=1S/C21H42N8O3/c1-14-11-27(7)20(31)24-16(3)13-29(9)21(32)25-17(4)12-28(8)19(30)23-15(2)10-26(6)18(5)22-14/h14-17,22H,5,10-13H2,1-4,6-9H3,(H,23,30)(H,24,31)(H,25,32). The molecule has 6 amide bonds. The Morgan fingerprint density at radius 3 is 1.12 bits per heavy atom. The predicted octanol–water partition coefficient (Wildman–Crippen LogP) is 0.471. The molecule has 0 aromatic heterocycles. The molecule has 11 heteroatoms. The summed E-state index contributed by atoms with van der Waals surface area (Å²) in [6, 6.07) is -1.32. The van der Waals surface area contributed by atoms with E-state index in [4.69, 9.17) is 0 Å². The third-order valence-corrected chi connectivity index (χ3v) is 5.21. The molecular formula is C21H42N8O3. The molecule has 0 radical (unpaired) electrons. The van der Waals surface area contributed by atoms with Crippen LogP contribution in [0.2, 0.25) is 0 Å². The van der Waals surface area contributed by atoms with Crippen molar-refractivity contribution in [3.63, 3.8) is 0 Å². The first-order valence-electron chi connectivity index (χ1n) is 11.0. The molecule has 4 unspecified atom stereocenters. The maximum atomic E-state index is 12.5. The first-order valence-corrected chi connectivity index (χ1v) is 11.0. The summed E-state index contributed by atoms with van der Waals surface area (Å²) in [5.74, 6) is 0.710. The summed E-state index contributed by atoms with van der Waals surface area (Å²) in [5, 5.41) is 12.1. The van der Waals surface area contributed by atoms with Crippen LogP contribution in [0, 0.1) is 0 Å². The molecule has 32 heavy (non-hydrogen) atoms. The number of likely N-dealkylation sites (N-methyl/N-ethyl adjacent to an activating group) is 4. The van der Waals surface area contributed by atoms with E-state index in [0.717, 1.165) is 0 Å². The van der Waals surface area contributed by atoms with Gasteiger partial charge < -0.3 is 40.9 Å². The number of hydrogen-bond donors (Lipinski definition) is 4. The fourth-order valence-electron chi connectivity index (χ4n) is 3.54. The van der Waals surface area contributed by atoms with Gasteiger partial charge in [-0.3, -0.25) is 0 Å². The van der Waals surface area contributed by atoms with Crippen LogP contribution in [0.5, 0.6) is 0 Å². The fraction of sp³-hybridized carbons (Fsp3) is 0.762. The van der Waals surface area contributed by atoms with E-state index in [2.05, 4.69) is 27.8 Å². The van der Waals surface area contributed by atoms with Crippen molar-refractivity contribution >= 4 is 18.1 Å². The van der Waals surface area contributed by atoms with E-state index in [1.807, 2.05) is 39.6 Å². The number of rotatable bonds is 0. The predicted molar refractivity (Wildman–Crippen MR) is 126 cm³/mol. The Labute approximate surface area is 192 Å². The molecule has 1 aliphatic heterocycles. The first kappa shape index (κ1) is 27.2. The van der Waals surface area contributed by atoms with E-state index < -0.39 is 0 Å². The topological polar surface area (TPSA) is 112 Å². The van der Waals surface area contributed by atoms with Crippen molar-refractivity contribution in [3.05, 3.63) is 12.4 Å². The number of hydrogen-bond acceptors (Lipinski definition) is 5. The van der Waals surface area contributed by atoms with E-state index >= 15 is 0 Å². The zero-order valence-corrected chi connectivity index (χ0v) is 20.9. The molecule has 0 spiro atoms. The van der Waals surface area contributed by atoms with Gasteiger partial charge in [0.25, 0.3) is 0 Å². The lowest BCUT2D eigenvalue weighted by atomic mass is 10.2. The Balaban J connectivity index is 2.94. The molecule has 11 nitrogen and oxygen atoms in total. The average molecular weight is 455 g/mol. The van der Waals surface area contributed by atoms with Crippen LogP contribution in [-0.4, -0.2) is 116 Å². The lowest BCUT2D eigenvalue weighted by Gasteiger charge is -2.32. The Kier molecular flexibility index (Phi) is 10.4. The second-order valence-corrected chi connectivity index (χ2v) is 9.07. The van der Waals surface area contributed by atoms with Crippen LogP contribution >= 0.6 is 0 Å². The van der Waals surface area contributed by atoms with Crippen LogP contribution in [0.25, 0.3) is 0 Å². The van der Waals surface area contributed by atoms with Gasteiger partial charge in [0.05, 0.1) is 5.82 Å². The molecule has 1 saturated heterocycles. The minimum Gasteiger partial charge on any atom is -0.368 e. The van der Waals surface area contributed by atoms with Gasteiger partial charge in [0.1, 0.15) is 0 Å². The number of amides is 6. The number of nitrogens with one attached hydrogen (secondary N) is 4. The number of carbonyl (C=O) groups excluding carboxylic acids is 3. The Morgan fingerprint density at radius 2 is 0.812 bits per heavy atom. The minimum atomic E-state index is -0.263. The SMILES string of the molecule is C=C1NC(C)CN(C)C(=O)NC(C)CN(C)C(=O)NC(C)CN(C)C(=O)NC(C)CN1C. The maximum Gasteiger partial charge on any atom is 0.317 e. The highest BCUT2D eigenvalue weighted by atomic mass is 16.2. The van der Waals surface area contributed by atoms with Gasteiger partial charge >= 0.3 is 18.1 Å². The number of urea groups is 3.